The summed E-state index contributed by atoms with van der Waals surface area (Å²) in [5.74, 6) is -0.517. The van der Waals surface area contributed by atoms with E-state index >= 15 is 0 Å². The van der Waals surface area contributed by atoms with Crippen molar-refractivity contribution in [2.75, 3.05) is 0 Å². The van der Waals surface area contributed by atoms with Crippen molar-refractivity contribution in [1.82, 2.24) is 5.32 Å². The number of esters is 1. The number of amides is 2. The molecule has 0 aromatic heterocycles. The van der Waals surface area contributed by atoms with Crippen molar-refractivity contribution in [2.24, 2.45) is 0 Å². The molecule has 1 aliphatic rings. The van der Waals surface area contributed by atoms with Crippen molar-refractivity contribution < 1.29 is 19.1 Å². The number of thioether (sulfide) groups is 1. The number of ether oxygens (including phenoxy) is 1. The lowest BCUT2D eigenvalue weighted by Gasteiger charge is -2.08. The number of benzene rings is 2. The quantitative estimate of drug-likeness (QED) is 0.418. The monoisotopic (exact) mass is 451 g/mol. The molecule has 2 amide bonds. The summed E-state index contributed by atoms with van der Waals surface area (Å²) < 4.78 is 5.91. The maximum Gasteiger partial charge on any atom is 0.315 e. The molecule has 5 nitrogen and oxygen atoms in total. The van der Waals surface area contributed by atoms with E-state index in [0.717, 1.165) is 11.8 Å². The summed E-state index contributed by atoms with van der Waals surface area (Å²) in [6, 6.07) is 12.1. The summed E-state index contributed by atoms with van der Waals surface area (Å²) in [5.41, 5.74) is 1.38. The molecular weight excluding hydrogens is 442 g/mol. The molecule has 1 N–H and O–H groups in total. The van der Waals surface area contributed by atoms with Gasteiger partial charge < -0.3 is 4.74 Å². The molecular formula is C18H11BrClNO4S. The van der Waals surface area contributed by atoms with Crippen molar-refractivity contribution in [3.8, 4) is 5.75 Å². The van der Waals surface area contributed by atoms with Gasteiger partial charge in [-0.15, -0.1) is 0 Å². The highest BCUT2D eigenvalue weighted by Gasteiger charge is 2.25. The minimum Gasteiger partial charge on any atom is -0.425 e. The first kappa shape index (κ1) is 18.7. The van der Waals surface area contributed by atoms with Gasteiger partial charge in [0.05, 0.1) is 15.8 Å². The third-order valence-corrected chi connectivity index (χ3v) is 5.21. The number of carbonyl (C=O) groups excluding carboxylic acids is 3. The largest absolute Gasteiger partial charge is 0.425 e. The molecule has 8 heteroatoms. The van der Waals surface area contributed by atoms with Crippen LogP contribution in [0.15, 0.2) is 51.8 Å². The van der Waals surface area contributed by atoms with Crippen LogP contribution in [0.25, 0.3) is 6.08 Å². The summed E-state index contributed by atoms with van der Waals surface area (Å²) in [7, 11) is 0. The number of hydrogen-bond donors (Lipinski definition) is 1. The zero-order chi connectivity index (χ0) is 18.7. The molecule has 132 valence electrons. The number of rotatable bonds is 4. The maximum absolute atomic E-state index is 12.1. The molecule has 0 saturated carbocycles. The zero-order valence-electron chi connectivity index (χ0n) is 13.1. The fraction of sp³-hybridized carbons (Fsp3) is 0.0556. The Bertz CT molecular complexity index is 945. The Kier molecular flexibility index (Phi) is 5.80. The van der Waals surface area contributed by atoms with Crippen LogP contribution in [0.1, 0.15) is 11.1 Å². The molecule has 1 saturated heterocycles. The van der Waals surface area contributed by atoms with Crippen molar-refractivity contribution in [3.63, 3.8) is 0 Å². The zero-order valence-corrected chi connectivity index (χ0v) is 16.3. The first-order valence-corrected chi connectivity index (χ1v) is 9.39. The average Bonchev–Trinajstić information content (AvgIpc) is 2.89. The van der Waals surface area contributed by atoms with Crippen molar-refractivity contribution >= 4 is 62.5 Å². The second-order valence-corrected chi connectivity index (χ2v) is 7.56. The van der Waals surface area contributed by atoms with E-state index < -0.39 is 17.1 Å². The number of hydrogen-bond acceptors (Lipinski definition) is 5. The third kappa shape index (κ3) is 4.55. The molecule has 2 aromatic carbocycles. The fourth-order valence-electron chi connectivity index (χ4n) is 2.22. The van der Waals surface area contributed by atoms with Crippen LogP contribution >= 0.6 is 39.3 Å². The Morgan fingerprint density at radius 2 is 2.00 bits per heavy atom. The van der Waals surface area contributed by atoms with E-state index in [9.17, 15) is 14.4 Å². The van der Waals surface area contributed by atoms with Gasteiger partial charge in [-0.2, -0.15) is 0 Å². The van der Waals surface area contributed by atoms with Crippen LogP contribution in [0.4, 0.5) is 4.79 Å². The van der Waals surface area contributed by atoms with E-state index in [4.69, 9.17) is 16.3 Å². The summed E-state index contributed by atoms with van der Waals surface area (Å²) in [4.78, 5) is 35.2. The maximum atomic E-state index is 12.1. The number of carbonyl (C=O) groups is 3. The predicted octanol–water partition coefficient (Wildman–Crippen LogP) is 4.57. The molecule has 0 bridgehead atoms. The van der Waals surface area contributed by atoms with Crippen LogP contribution in [0, 0.1) is 0 Å². The second-order valence-electron chi connectivity index (χ2n) is 5.28. The first-order chi connectivity index (χ1) is 12.4. The van der Waals surface area contributed by atoms with Gasteiger partial charge in [-0.1, -0.05) is 35.9 Å². The Morgan fingerprint density at radius 3 is 2.65 bits per heavy atom. The molecule has 1 heterocycles. The number of imide groups is 1. The molecule has 0 aliphatic carbocycles. The van der Waals surface area contributed by atoms with E-state index in [2.05, 4.69) is 21.2 Å². The normalized spacial score (nSPS) is 15.2. The molecule has 0 unspecified atom stereocenters. The highest BCUT2D eigenvalue weighted by Crippen LogP contribution is 2.30. The lowest BCUT2D eigenvalue weighted by atomic mass is 10.1. The van der Waals surface area contributed by atoms with E-state index in [1.807, 2.05) is 0 Å². The van der Waals surface area contributed by atoms with E-state index in [-0.39, 0.29) is 6.42 Å². The minimum absolute atomic E-state index is 0.0524. The molecule has 0 atom stereocenters. The molecule has 0 radical (unpaired) electrons. The number of halogens is 2. The van der Waals surface area contributed by atoms with Crippen molar-refractivity contribution in [3.05, 3.63) is 68.0 Å². The lowest BCUT2D eigenvalue weighted by molar-refractivity contribution is -0.133. The first-order valence-electron chi connectivity index (χ1n) is 7.41. The molecule has 0 spiro atoms. The van der Waals surface area contributed by atoms with Crippen LogP contribution in [-0.4, -0.2) is 17.1 Å². The molecule has 3 rings (SSSR count). The van der Waals surface area contributed by atoms with E-state index in [0.29, 0.717) is 31.3 Å². The highest BCUT2D eigenvalue weighted by atomic mass is 79.9. The Morgan fingerprint density at radius 1 is 1.23 bits per heavy atom. The van der Waals surface area contributed by atoms with Gasteiger partial charge in [-0.3, -0.25) is 19.7 Å². The van der Waals surface area contributed by atoms with Gasteiger partial charge >= 0.3 is 5.97 Å². The van der Waals surface area contributed by atoms with Crippen LogP contribution in [0.3, 0.4) is 0 Å². The van der Waals surface area contributed by atoms with Gasteiger partial charge in [0.1, 0.15) is 5.75 Å². The summed E-state index contributed by atoms with van der Waals surface area (Å²) in [6.07, 6.45) is 1.64. The Hall–Kier alpha value is -2.09. The molecule has 1 fully saturated rings. The third-order valence-electron chi connectivity index (χ3n) is 3.41. The van der Waals surface area contributed by atoms with Crippen LogP contribution in [0.2, 0.25) is 5.02 Å². The highest BCUT2D eigenvalue weighted by molar-refractivity contribution is 9.10. The van der Waals surface area contributed by atoms with Gasteiger partial charge in [0, 0.05) is 5.02 Å². The number of nitrogens with one attached hydrogen (secondary N) is 1. The van der Waals surface area contributed by atoms with Gasteiger partial charge in [0.2, 0.25) is 0 Å². The Labute approximate surface area is 166 Å². The van der Waals surface area contributed by atoms with Gasteiger partial charge in [0.25, 0.3) is 11.1 Å². The summed E-state index contributed by atoms with van der Waals surface area (Å²) >= 11 is 10.2. The summed E-state index contributed by atoms with van der Waals surface area (Å²) in [5, 5.41) is 2.30. The van der Waals surface area contributed by atoms with Crippen LogP contribution in [0.5, 0.6) is 5.75 Å². The van der Waals surface area contributed by atoms with Crippen LogP contribution in [-0.2, 0) is 16.0 Å². The van der Waals surface area contributed by atoms with Gasteiger partial charge in [-0.25, -0.2) is 0 Å². The summed E-state index contributed by atoms with van der Waals surface area (Å²) in [6.45, 7) is 0. The smallest absolute Gasteiger partial charge is 0.315 e. The van der Waals surface area contributed by atoms with Crippen molar-refractivity contribution in [1.29, 1.82) is 0 Å². The van der Waals surface area contributed by atoms with E-state index in [1.54, 1.807) is 48.5 Å². The lowest BCUT2D eigenvalue weighted by Crippen LogP contribution is -2.17. The SMILES string of the molecule is O=C(Cc1ccccc1Cl)Oc1ccc(C=C2SC(=O)NC2=O)cc1Br. The molecule has 1 aliphatic heterocycles. The molecule has 26 heavy (non-hydrogen) atoms. The average molecular weight is 453 g/mol. The standard InChI is InChI=1S/C18H11BrClNO4S/c19-12-7-10(8-15-17(23)21-18(24)26-15)5-6-14(12)25-16(22)9-11-3-1-2-4-13(11)20/h1-8H,9H2,(H,21,23,24). The van der Waals surface area contributed by atoms with Crippen molar-refractivity contribution in [2.45, 2.75) is 6.42 Å². The molecule has 2 aromatic rings. The topological polar surface area (TPSA) is 72.5 Å². The minimum atomic E-state index is -0.443. The fourth-order valence-corrected chi connectivity index (χ4v) is 3.58. The van der Waals surface area contributed by atoms with Crippen LogP contribution < -0.4 is 10.1 Å². The van der Waals surface area contributed by atoms with Gasteiger partial charge in [-0.05, 0) is 63.1 Å². The van der Waals surface area contributed by atoms with Gasteiger partial charge in [0.15, 0.2) is 0 Å². The second kappa shape index (κ2) is 8.07. The predicted molar refractivity (Wildman–Crippen MR) is 104 cm³/mol. The Balaban J connectivity index is 1.71. The van der Waals surface area contributed by atoms with E-state index in [1.165, 1.54) is 0 Å².